The summed E-state index contributed by atoms with van der Waals surface area (Å²) in [5, 5.41) is 11.8. The number of piperidine rings is 1. The Morgan fingerprint density at radius 3 is 2.96 bits per heavy atom. The van der Waals surface area contributed by atoms with E-state index in [2.05, 4.69) is 30.0 Å². The molecule has 140 valence electrons. The van der Waals surface area contributed by atoms with Gasteiger partial charge in [-0.3, -0.25) is 9.79 Å². The van der Waals surface area contributed by atoms with E-state index < -0.39 is 0 Å². The Hall–Kier alpha value is -1.39. The van der Waals surface area contributed by atoms with Crippen molar-refractivity contribution in [3.8, 4) is 0 Å². The quantitative estimate of drug-likeness (QED) is 0.313. The Bertz CT molecular complexity index is 618. The summed E-state index contributed by atoms with van der Waals surface area (Å²) >= 11 is 0. The topological polar surface area (TPSA) is 84.6 Å². The smallest absolute Gasteiger partial charge is 0.310 e. The predicted octanol–water partition coefficient (Wildman–Crippen LogP) is 1.19. The Kier molecular flexibility index (Phi) is 7.45. The Balaban J connectivity index is 0.00000225. The van der Waals surface area contributed by atoms with Gasteiger partial charge in [0.1, 0.15) is 5.82 Å². The summed E-state index contributed by atoms with van der Waals surface area (Å²) in [6.07, 6.45) is 3.99. The van der Waals surface area contributed by atoms with Crippen molar-refractivity contribution < 1.29 is 9.53 Å². The highest BCUT2D eigenvalue weighted by molar-refractivity contribution is 14.0. The molecule has 0 aliphatic carbocycles. The molecule has 1 N–H and O–H groups in total. The van der Waals surface area contributed by atoms with E-state index in [4.69, 9.17) is 4.74 Å². The predicted molar refractivity (Wildman–Crippen MR) is 105 cm³/mol. The Morgan fingerprint density at radius 1 is 1.36 bits per heavy atom. The van der Waals surface area contributed by atoms with Crippen LogP contribution in [0.2, 0.25) is 0 Å². The standard InChI is InChI=1S/C16H26N6O2.HI/c1-3-24-15(23)12-6-4-8-21(11-12)16(17-2)18-10-14-20-19-13-7-5-9-22(13)14;/h12H,3-11H2,1-2H3,(H,17,18);1H. The number of hydrogen-bond acceptors (Lipinski definition) is 5. The van der Waals surface area contributed by atoms with Crippen LogP contribution in [0.4, 0.5) is 0 Å². The second kappa shape index (κ2) is 9.35. The van der Waals surface area contributed by atoms with Crippen molar-refractivity contribution in [3.63, 3.8) is 0 Å². The van der Waals surface area contributed by atoms with Crippen LogP contribution in [-0.4, -0.2) is 58.3 Å². The first kappa shape index (κ1) is 19.9. The van der Waals surface area contributed by atoms with Gasteiger partial charge in [0.15, 0.2) is 11.8 Å². The molecule has 1 aromatic rings. The van der Waals surface area contributed by atoms with Crippen LogP contribution in [0.3, 0.4) is 0 Å². The minimum absolute atomic E-state index is 0. The van der Waals surface area contributed by atoms with E-state index in [0.29, 0.717) is 19.7 Å². The zero-order valence-corrected chi connectivity index (χ0v) is 17.2. The van der Waals surface area contributed by atoms with Gasteiger partial charge in [0, 0.05) is 33.1 Å². The molecule has 0 radical (unpaired) electrons. The van der Waals surface area contributed by atoms with E-state index in [1.165, 1.54) is 0 Å². The van der Waals surface area contributed by atoms with Gasteiger partial charge in [-0.05, 0) is 26.2 Å². The molecule has 2 aliphatic rings. The minimum Gasteiger partial charge on any atom is -0.466 e. The van der Waals surface area contributed by atoms with Gasteiger partial charge in [0.05, 0.1) is 19.1 Å². The number of aliphatic imine (C=N–C) groups is 1. The zero-order chi connectivity index (χ0) is 16.9. The number of esters is 1. The summed E-state index contributed by atoms with van der Waals surface area (Å²) in [4.78, 5) is 18.5. The SMILES string of the molecule is CCOC(=O)C1CCCN(C(=NC)NCc2nnc3n2CCC3)C1.I. The molecule has 1 atom stereocenters. The molecule has 3 heterocycles. The Labute approximate surface area is 165 Å². The van der Waals surface area contributed by atoms with Crippen molar-refractivity contribution in [2.45, 2.75) is 45.7 Å². The van der Waals surface area contributed by atoms with Gasteiger partial charge < -0.3 is 19.5 Å². The van der Waals surface area contributed by atoms with Gasteiger partial charge in [-0.15, -0.1) is 34.2 Å². The van der Waals surface area contributed by atoms with Gasteiger partial charge in [-0.2, -0.15) is 0 Å². The molecule has 3 rings (SSSR count). The molecule has 9 heteroatoms. The van der Waals surface area contributed by atoms with Gasteiger partial charge in [0.2, 0.25) is 0 Å². The maximum atomic E-state index is 12.0. The van der Waals surface area contributed by atoms with Gasteiger partial charge in [-0.25, -0.2) is 0 Å². The van der Waals surface area contributed by atoms with Crippen LogP contribution < -0.4 is 5.32 Å². The first-order valence-corrected chi connectivity index (χ1v) is 8.76. The Morgan fingerprint density at radius 2 is 2.20 bits per heavy atom. The van der Waals surface area contributed by atoms with E-state index in [1.54, 1.807) is 7.05 Å². The van der Waals surface area contributed by atoms with Crippen molar-refractivity contribution in [3.05, 3.63) is 11.6 Å². The van der Waals surface area contributed by atoms with Crippen molar-refractivity contribution in [1.29, 1.82) is 0 Å². The van der Waals surface area contributed by atoms with Crippen LogP contribution in [0.25, 0.3) is 0 Å². The number of nitrogens with zero attached hydrogens (tertiary/aromatic N) is 5. The number of nitrogens with one attached hydrogen (secondary N) is 1. The molecule has 0 saturated carbocycles. The number of hydrogen-bond donors (Lipinski definition) is 1. The van der Waals surface area contributed by atoms with Gasteiger partial charge in [0.25, 0.3) is 0 Å². The average molecular weight is 462 g/mol. The fourth-order valence-corrected chi connectivity index (χ4v) is 3.45. The molecule has 0 aromatic carbocycles. The number of fused-ring (bicyclic) bond motifs is 1. The molecule has 1 aromatic heterocycles. The molecular weight excluding hydrogens is 435 g/mol. The number of aryl methyl sites for hydroxylation is 1. The molecular formula is C16H27IN6O2. The van der Waals surface area contributed by atoms with Crippen LogP contribution in [0, 0.1) is 5.92 Å². The van der Waals surface area contributed by atoms with E-state index in [0.717, 1.165) is 56.4 Å². The maximum absolute atomic E-state index is 12.0. The molecule has 1 unspecified atom stereocenters. The van der Waals surface area contributed by atoms with Crippen LogP contribution in [0.5, 0.6) is 0 Å². The number of ether oxygens (including phenoxy) is 1. The third-order valence-electron chi connectivity index (χ3n) is 4.64. The number of guanidine groups is 1. The molecule has 1 fully saturated rings. The summed E-state index contributed by atoms with van der Waals surface area (Å²) in [6, 6.07) is 0. The average Bonchev–Trinajstić information content (AvgIpc) is 3.20. The van der Waals surface area contributed by atoms with Crippen molar-refractivity contribution in [2.24, 2.45) is 10.9 Å². The van der Waals surface area contributed by atoms with Gasteiger partial charge >= 0.3 is 5.97 Å². The fourth-order valence-electron chi connectivity index (χ4n) is 3.45. The molecule has 0 bridgehead atoms. The molecule has 0 amide bonds. The highest BCUT2D eigenvalue weighted by atomic mass is 127. The second-order valence-electron chi connectivity index (χ2n) is 6.23. The first-order chi connectivity index (χ1) is 11.7. The molecule has 1 saturated heterocycles. The van der Waals surface area contributed by atoms with Crippen LogP contribution in [0.15, 0.2) is 4.99 Å². The summed E-state index contributed by atoms with van der Waals surface area (Å²) in [5.74, 6) is 2.65. The van der Waals surface area contributed by atoms with Crippen LogP contribution in [0.1, 0.15) is 37.8 Å². The third-order valence-corrected chi connectivity index (χ3v) is 4.64. The number of carbonyl (C=O) groups is 1. The lowest BCUT2D eigenvalue weighted by Gasteiger charge is -2.33. The first-order valence-electron chi connectivity index (χ1n) is 8.76. The number of rotatable bonds is 4. The van der Waals surface area contributed by atoms with Crippen molar-refractivity contribution in [1.82, 2.24) is 25.0 Å². The van der Waals surface area contributed by atoms with E-state index in [-0.39, 0.29) is 35.9 Å². The van der Waals surface area contributed by atoms with E-state index in [9.17, 15) is 4.79 Å². The number of likely N-dealkylation sites (tertiary alicyclic amines) is 1. The highest BCUT2D eigenvalue weighted by Gasteiger charge is 2.28. The monoisotopic (exact) mass is 462 g/mol. The van der Waals surface area contributed by atoms with E-state index >= 15 is 0 Å². The zero-order valence-electron chi connectivity index (χ0n) is 14.9. The third kappa shape index (κ3) is 4.62. The van der Waals surface area contributed by atoms with Gasteiger partial charge in [-0.1, -0.05) is 0 Å². The van der Waals surface area contributed by atoms with Crippen molar-refractivity contribution in [2.75, 3.05) is 26.7 Å². The lowest BCUT2D eigenvalue weighted by molar-refractivity contribution is -0.149. The lowest BCUT2D eigenvalue weighted by Crippen LogP contribution is -2.48. The van der Waals surface area contributed by atoms with Crippen molar-refractivity contribution >= 4 is 35.9 Å². The summed E-state index contributed by atoms with van der Waals surface area (Å²) in [7, 11) is 1.77. The normalized spacial score (nSPS) is 20.0. The summed E-state index contributed by atoms with van der Waals surface area (Å²) < 4.78 is 7.34. The van der Waals surface area contributed by atoms with Crippen LogP contribution >= 0.6 is 24.0 Å². The fraction of sp³-hybridized carbons (Fsp3) is 0.750. The van der Waals surface area contributed by atoms with E-state index in [1.807, 2.05) is 6.92 Å². The van der Waals surface area contributed by atoms with Crippen LogP contribution in [-0.2, 0) is 29.0 Å². The largest absolute Gasteiger partial charge is 0.466 e. The molecule has 0 spiro atoms. The molecule has 2 aliphatic heterocycles. The highest BCUT2D eigenvalue weighted by Crippen LogP contribution is 2.18. The minimum atomic E-state index is -0.104. The summed E-state index contributed by atoms with van der Waals surface area (Å²) in [6.45, 7) is 5.41. The molecule has 8 nitrogen and oxygen atoms in total. The second-order valence-corrected chi connectivity index (χ2v) is 6.23. The number of halogens is 1. The lowest BCUT2D eigenvalue weighted by atomic mass is 9.98. The maximum Gasteiger partial charge on any atom is 0.310 e. The summed E-state index contributed by atoms with van der Waals surface area (Å²) in [5.41, 5.74) is 0. The molecule has 25 heavy (non-hydrogen) atoms. The number of carbonyl (C=O) groups excluding carboxylic acids is 1. The number of aromatic nitrogens is 3.